The number of carbonyl (C=O) groups excluding carboxylic acids is 1. The SMILES string of the molecule is COC(=O)c1scc(C)c1S(=O)(=O)NCCCC(C)CO. The fourth-order valence-electron chi connectivity index (χ4n) is 1.82. The number of esters is 1. The number of rotatable bonds is 8. The first-order valence-corrected chi connectivity index (χ1v) is 8.96. The third-order valence-electron chi connectivity index (χ3n) is 3.03. The van der Waals surface area contributed by atoms with E-state index in [-0.39, 0.29) is 28.8 Å². The van der Waals surface area contributed by atoms with E-state index < -0.39 is 16.0 Å². The molecule has 0 aliphatic carbocycles. The number of carbonyl (C=O) groups is 1. The Labute approximate surface area is 129 Å². The minimum Gasteiger partial charge on any atom is -0.465 e. The standard InChI is InChI=1S/C13H21NO5S2/c1-9(7-15)5-4-6-14-21(17,18)12-10(2)8-20-11(12)13(16)19-3/h8-9,14-15H,4-7H2,1-3H3. The highest BCUT2D eigenvalue weighted by atomic mass is 32.2. The summed E-state index contributed by atoms with van der Waals surface area (Å²) in [6.45, 7) is 3.89. The van der Waals surface area contributed by atoms with E-state index in [0.717, 1.165) is 17.8 Å². The summed E-state index contributed by atoms with van der Waals surface area (Å²) in [5, 5.41) is 10.5. The maximum Gasteiger partial charge on any atom is 0.349 e. The number of hydrogen-bond donors (Lipinski definition) is 2. The molecular weight excluding hydrogens is 314 g/mol. The molecule has 8 heteroatoms. The van der Waals surface area contributed by atoms with Crippen molar-refractivity contribution < 1.29 is 23.1 Å². The summed E-state index contributed by atoms with van der Waals surface area (Å²) in [5.74, 6) is -0.509. The molecule has 0 aliphatic heterocycles. The van der Waals surface area contributed by atoms with Gasteiger partial charge >= 0.3 is 5.97 Å². The van der Waals surface area contributed by atoms with Crippen molar-refractivity contribution in [2.24, 2.45) is 5.92 Å². The second-order valence-electron chi connectivity index (χ2n) is 4.90. The van der Waals surface area contributed by atoms with Gasteiger partial charge in [0.25, 0.3) is 0 Å². The summed E-state index contributed by atoms with van der Waals surface area (Å²) in [7, 11) is -2.52. The Hall–Kier alpha value is -0.960. The number of nitrogens with one attached hydrogen (secondary N) is 1. The van der Waals surface area contributed by atoms with Gasteiger partial charge in [-0.1, -0.05) is 6.92 Å². The zero-order valence-electron chi connectivity index (χ0n) is 12.4. The third-order valence-corrected chi connectivity index (χ3v) is 5.89. The van der Waals surface area contributed by atoms with E-state index in [1.807, 2.05) is 6.92 Å². The van der Waals surface area contributed by atoms with Gasteiger partial charge in [-0.25, -0.2) is 17.9 Å². The number of aliphatic hydroxyl groups excluding tert-OH is 1. The number of ether oxygens (including phenoxy) is 1. The van der Waals surface area contributed by atoms with Gasteiger partial charge in [-0.2, -0.15) is 0 Å². The molecule has 1 unspecified atom stereocenters. The van der Waals surface area contributed by atoms with E-state index in [1.54, 1.807) is 12.3 Å². The number of hydrogen-bond acceptors (Lipinski definition) is 6. The number of aliphatic hydroxyl groups is 1. The monoisotopic (exact) mass is 335 g/mol. The van der Waals surface area contributed by atoms with Crippen LogP contribution in [0.1, 0.15) is 35.0 Å². The third kappa shape index (κ3) is 4.77. The van der Waals surface area contributed by atoms with Crippen LogP contribution >= 0.6 is 11.3 Å². The molecule has 1 rings (SSSR count). The van der Waals surface area contributed by atoms with Crippen molar-refractivity contribution in [2.45, 2.75) is 31.6 Å². The summed E-state index contributed by atoms with van der Waals surface area (Å²) >= 11 is 1.06. The molecule has 1 atom stereocenters. The van der Waals surface area contributed by atoms with Gasteiger partial charge in [0.05, 0.1) is 7.11 Å². The largest absolute Gasteiger partial charge is 0.465 e. The van der Waals surface area contributed by atoms with Crippen LogP contribution in [0.3, 0.4) is 0 Å². The van der Waals surface area contributed by atoms with Crippen molar-refractivity contribution in [1.82, 2.24) is 4.72 Å². The highest BCUT2D eigenvalue weighted by Crippen LogP contribution is 2.27. The Morgan fingerprint density at radius 1 is 1.52 bits per heavy atom. The summed E-state index contributed by atoms with van der Waals surface area (Å²) in [4.78, 5) is 11.7. The summed E-state index contributed by atoms with van der Waals surface area (Å²) in [6, 6.07) is 0. The van der Waals surface area contributed by atoms with Gasteiger partial charge in [0.1, 0.15) is 9.77 Å². The molecule has 0 fully saturated rings. The van der Waals surface area contributed by atoms with Gasteiger partial charge < -0.3 is 9.84 Å². The molecule has 0 amide bonds. The Balaban J connectivity index is 2.79. The van der Waals surface area contributed by atoms with Crippen molar-refractivity contribution in [3.8, 4) is 0 Å². The molecule has 0 radical (unpaired) electrons. The van der Waals surface area contributed by atoms with E-state index in [2.05, 4.69) is 9.46 Å². The molecule has 120 valence electrons. The number of thiophene rings is 1. The van der Waals surface area contributed by atoms with E-state index in [1.165, 1.54) is 7.11 Å². The second kappa shape index (κ2) is 7.88. The minimum absolute atomic E-state index is 0.00504. The maximum absolute atomic E-state index is 12.3. The van der Waals surface area contributed by atoms with Crippen molar-refractivity contribution >= 4 is 27.3 Å². The highest BCUT2D eigenvalue weighted by Gasteiger charge is 2.27. The van der Waals surface area contributed by atoms with Gasteiger partial charge in [0, 0.05) is 13.2 Å². The summed E-state index contributed by atoms with van der Waals surface area (Å²) in [6.07, 6.45) is 1.35. The van der Waals surface area contributed by atoms with E-state index in [4.69, 9.17) is 5.11 Å². The first kappa shape index (κ1) is 18.1. The molecule has 21 heavy (non-hydrogen) atoms. The molecule has 6 nitrogen and oxygen atoms in total. The average Bonchev–Trinajstić information content (AvgIpc) is 2.85. The molecule has 1 aromatic rings. The molecule has 0 aromatic carbocycles. The predicted molar refractivity (Wildman–Crippen MR) is 81.1 cm³/mol. The number of sulfonamides is 1. The van der Waals surface area contributed by atoms with Crippen molar-refractivity contribution in [3.63, 3.8) is 0 Å². The van der Waals surface area contributed by atoms with Gasteiger partial charge in [0.2, 0.25) is 10.0 Å². The fraction of sp³-hybridized carbons (Fsp3) is 0.615. The van der Waals surface area contributed by atoms with Crippen molar-refractivity contribution in [3.05, 3.63) is 15.8 Å². The van der Waals surface area contributed by atoms with Crippen LogP contribution in [0.2, 0.25) is 0 Å². The van der Waals surface area contributed by atoms with Gasteiger partial charge in [0.15, 0.2) is 0 Å². The maximum atomic E-state index is 12.3. The fourth-order valence-corrected chi connectivity index (χ4v) is 4.60. The zero-order chi connectivity index (χ0) is 16.0. The lowest BCUT2D eigenvalue weighted by Gasteiger charge is -2.10. The molecule has 0 spiro atoms. The first-order chi connectivity index (χ1) is 9.83. The number of aryl methyl sites for hydroxylation is 1. The van der Waals surface area contributed by atoms with Crippen molar-refractivity contribution in [1.29, 1.82) is 0 Å². The lowest BCUT2D eigenvalue weighted by molar-refractivity contribution is 0.0602. The van der Waals surface area contributed by atoms with Crippen LogP contribution in [0.25, 0.3) is 0 Å². The zero-order valence-corrected chi connectivity index (χ0v) is 14.0. The molecule has 0 bridgehead atoms. The second-order valence-corrected chi connectivity index (χ2v) is 7.48. The Kier molecular flexibility index (Phi) is 6.79. The van der Waals surface area contributed by atoms with Gasteiger partial charge in [-0.05, 0) is 36.6 Å². The van der Waals surface area contributed by atoms with E-state index in [9.17, 15) is 13.2 Å². The molecule has 1 heterocycles. The van der Waals surface area contributed by atoms with E-state index >= 15 is 0 Å². The normalized spacial score (nSPS) is 13.1. The van der Waals surface area contributed by atoms with Gasteiger partial charge in [-0.15, -0.1) is 11.3 Å². The molecule has 0 saturated carbocycles. The summed E-state index contributed by atoms with van der Waals surface area (Å²) in [5.41, 5.74) is 0.525. The van der Waals surface area contributed by atoms with Crippen molar-refractivity contribution in [2.75, 3.05) is 20.3 Å². The number of methoxy groups -OCH3 is 1. The molecule has 0 saturated heterocycles. The predicted octanol–water partition coefficient (Wildman–Crippen LogP) is 1.53. The quantitative estimate of drug-likeness (QED) is 0.555. The Morgan fingerprint density at radius 3 is 2.76 bits per heavy atom. The lowest BCUT2D eigenvalue weighted by Crippen LogP contribution is -2.27. The Bertz CT molecular complexity index is 579. The van der Waals surface area contributed by atoms with Crippen LogP contribution < -0.4 is 4.72 Å². The van der Waals surface area contributed by atoms with Crippen LogP contribution in [0.15, 0.2) is 10.3 Å². The van der Waals surface area contributed by atoms with Crippen LogP contribution in [0.5, 0.6) is 0 Å². The van der Waals surface area contributed by atoms with Gasteiger partial charge in [-0.3, -0.25) is 0 Å². The lowest BCUT2D eigenvalue weighted by atomic mass is 10.1. The van der Waals surface area contributed by atoms with Crippen LogP contribution in [0.4, 0.5) is 0 Å². The molecular formula is C13H21NO5S2. The molecule has 1 aromatic heterocycles. The highest BCUT2D eigenvalue weighted by molar-refractivity contribution is 7.89. The summed E-state index contributed by atoms with van der Waals surface area (Å²) < 4.78 is 31.7. The first-order valence-electron chi connectivity index (χ1n) is 6.60. The van der Waals surface area contributed by atoms with E-state index in [0.29, 0.717) is 12.0 Å². The van der Waals surface area contributed by atoms with Crippen LogP contribution in [-0.4, -0.2) is 39.8 Å². The molecule has 0 aliphatic rings. The minimum atomic E-state index is -3.74. The van der Waals surface area contributed by atoms with Crippen LogP contribution in [-0.2, 0) is 14.8 Å². The smallest absolute Gasteiger partial charge is 0.349 e. The molecule has 2 N–H and O–H groups in total. The average molecular weight is 335 g/mol. The topological polar surface area (TPSA) is 92.7 Å². The Morgan fingerprint density at radius 2 is 2.19 bits per heavy atom. The van der Waals surface area contributed by atoms with Crippen LogP contribution in [0, 0.1) is 12.8 Å².